The SMILES string of the molecule is C=CCNC(=O)N1CCC[C@@H](NS(=O)(=O)c2cccc(F)c2)C1. The Kier molecular flexibility index (Phi) is 5.73. The summed E-state index contributed by atoms with van der Waals surface area (Å²) in [6, 6.07) is 4.19. The number of halogens is 1. The first kappa shape index (κ1) is 17.4. The van der Waals surface area contributed by atoms with E-state index in [1.54, 1.807) is 11.0 Å². The van der Waals surface area contributed by atoms with Gasteiger partial charge in [-0.3, -0.25) is 0 Å². The van der Waals surface area contributed by atoms with Crippen LogP contribution in [-0.2, 0) is 10.0 Å². The van der Waals surface area contributed by atoms with Gasteiger partial charge in [0.15, 0.2) is 0 Å². The van der Waals surface area contributed by atoms with Gasteiger partial charge in [-0.25, -0.2) is 22.3 Å². The van der Waals surface area contributed by atoms with Gasteiger partial charge in [-0.05, 0) is 31.0 Å². The highest BCUT2D eigenvalue weighted by atomic mass is 32.2. The number of nitrogens with one attached hydrogen (secondary N) is 2. The first-order chi connectivity index (χ1) is 10.9. The minimum atomic E-state index is -3.81. The third kappa shape index (κ3) is 4.77. The second-order valence-electron chi connectivity index (χ2n) is 5.34. The molecule has 2 rings (SSSR count). The summed E-state index contributed by atoms with van der Waals surface area (Å²) in [6.45, 7) is 4.73. The lowest BCUT2D eigenvalue weighted by molar-refractivity contribution is 0.178. The van der Waals surface area contributed by atoms with E-state index >= 15 is 0 Å². The minimum absolute atomic E-state index is 0.120. The van der Waals surface area contributed by atoms with Crippen molar-refractivity contribution in [3.63, 3.8) is 0 Å². The lowest BCUT2D eigenvalue weighted by atomic mass is 10.1. The molecule has 1 aliphatic rings. The zero-order chi connectivity index (χ0) is 16.9. The fraction of sp³-hybridized carbons (Fsp3) is 0.400. The van der Waals surface area contributed by atoms with E-state index in [0.29, 0.717) is 25.9 Å². The molecule has 0 unspecified atom stereocenters. The highest BCUT2D eigenvalue weighted by molar-refractivity contribution is 7.89. The molecule has 8 heteroatoms. The van der Waals surface area contributed by atoms with E-state index < -0.39 is 21.9 Å². The van der Waals surface area contributed by atoms with Gasteiger partial charge in [0.2, 0.25) is 10.0 Å². The fourth-order valence-electron chi connectivity index (χ4n) is 2.45. The summed E-state index contributed by atoms with van der Waals surface area (Å²) in [6.07, 6.45) is 2.89. The first-order valence-electron chi connectivity index (χ1n) is 7.34. The average Bonchev–Trinajstić information content (AvgIpc) is 2.52. The number of benzene rings is 1. The molecular weight excluding hydrogens is 321 g/mol. The molecule has 126 valence electrons. The normalized spacial score (nSPS) is 18.5. The van der Waals surface area contributed by atoms with Crippen LogP contribution < -0.4 is 10.0 Å². The fourth-order valence-corrected chi connectivity index (χ4v) is 3.74. The summed E-state index contributed by atoms with van der Waals surface area (Å²) in [4.78, 5) is 13.4. The Labute approximate surface area is 135 Å². The van der Waals surface area contributed by atoms with Crippen molar-refractivity contribution in [2.45, 2.75) is 23.8 Å². The number of carbonyl (C=O) groups is 1. The molecule has 2 amide bonds. The second-order valence-corrected chi connectivity index (χ2v) is 7.05. The summed E-state index contributed by atoms with van der Waals surface area (Å²) >= 11 is 0. The monoisotopic (exact) mass is 341 g/mol. The molecule has 1 saturated heterocycles. The summed E-state index contributed by atoms with van der Waals surface area (Å²) < 4.78 is 40.3. The van der Waals surface area contributed by atoms with Crippen molar-refractivity contribution in [3.05, 3.63) is 42.7 Å². The number of hydrogen-bond acceptors (Lipinski definition) is 3. The quantitative estimate of drug-likeness (QED) is 0.796. The predicted octanol–water partition coefficient (Wildman–Crippen LogP) is 1.46. The van der Waals surface area contributed by atoms with E-state index in [4.69, 9.17) is 0 Å². The van der Waals surface area contributed by atoms with Crippen LogP contribution in [-0.4, -0.2) is 45.0 Å². The van der Waals surface area contributed by atoms with Gasteiger partial charge in [0, 0.05) is 25.7 Å². The van der Waals surface area contributed by atoms with Crippen LogP contribution in [0.25, 0.3) is 0 Å². The molecule has 0 radical (unpaired) electrons. The van der Waals surface area contributed by atoms with Crippen LogP contribution in [0.4, 0.5) is 9.18 Å². The largest absolute Gasteiger partial charge is 0.335 e. The minimum Gasteiger partial charge on any atom is -0.335 e. The van der Waals surface area contributed by atoms with E-state index in [0.717, 1.165) is 6.07 Å². The molecule has 0 aromatic heterocycles. The molecule has 1 aliphatic heterocycles. The van der Waals surface area contributed by atoms with Gasteiger partial charge in [0.25, 0.3) is 0 Å². The van der Waals surface area contributed by atoms with Gasteiger partial charge in [0.05, 0.1) is 4.90 Å². The van der Waals surface area contributed by atoms with Gasteiger partial charge >= 0.3 is 6.03 Å². The van der Waals surface area contributed by atoms with Crippen molar-refractivity contribution in [2.75, 3.05) is 19.6 Å². The maximum absolute atomic E-state index is 13.2. The average molecular weight is 341 g/mol. The Balaban J connectivity index is 2.02. The maximum atomic E-state index is 13.2. The van der Waals surface area contributed by atoms with E-state index in [-0.39, 0.29) is 17.5 Å². The Morgan fingerprint density at radius 2 is 2.26 bits per heavy atom. The molecule has 1 fully saturated rings. The van der Waals surface area contributed by atoms with Crippen LogP contribution >= 0.6 is 0 Å². The summed E-state index contributed by atoms with van der Waals surface area (Å²) in [5.74, 6) is -0.609. The number of hydrogen-bond donors (Lipinski definition) is 2. The molecule has 2 N–H and O–H groups in total. The van der Waals surface area contributed by atoms with Crippen LogP contribution in [0.1, 0.15) is 12.8 Å². The molecule has 0 saturated carbocycles. The van der Waals surface area contributed by atoms with Crippen LogP contribution in [0.5, 0.6) is 0 Å². The first-order valence-corrected chi connectivity index (χ1v) is 8.82. The van der Waals surface area contributed by atoms with Crippen molar-refractivity contribution in [3.8, 4) is 0 Å². The lowest BCUT2D eigenvalue weighted by Crippen LogP contribution is -2.52. The standard InChI is InChI=1S/C15H20FN3O3S/c1-2-8-17-15(20)19-9-4-6-13(11-19)18-23(21,22)14-7-3-5-12(16)10-14/h2-3,5,7,10,13,18H,1,4,6,8-9,11H2,(H,17,20)/t13-/m1/s1. The Morgan fingerprint density at radius 3 is 2.96 bits per heavy atom. The number of piperidine rings is 1. The number of amides is 2. The van der Waals surface area contributed by atoms with Crippen LogP contribution in [0.2, 0.25) is 0 Å². The van der Waals surface area contributed by atoms with Gasteiger partial charge in [0.1, 0.15) is 5.82 Å². The maximum Gasteiger partial charge on any atom is 0.317 e. The highest BCUT2D eigenvalue weighted by Gasteiger charge is 2.27. The molecule has 0 spiro atoms. The molecule has 23 heavy (non-hydrogen) atoms. The molecule has 6 nitrogen and oxygen atoms in total. The molecule has 1 aromatic rings. The van der Waals surface area contributed by atoms with Crippen molar-refractivity contribution in [1.29, 1.82) is 0 Å². The molecule has 1 heterocycles. The van der Waals surface area contributed by atoms with Crippen LogP contribution in [0.3, 0.4) is 0 Å². The zero-order valence-corrected chi connectivity index (χ0v) is 13.5. The number of nitrogens with zero attached hydrogens (tertiary/aromatic N) is 1. The lowest BCUT2D eigenvalue weighted by Gasteiger charge is -2.32. The third-order valence-electron chi connectivity index (χ3n) is 3.53. The summed E-state index contributed by atoms with van der Waals surface area (Å²) in [7, 11) is -3.81. The van der Waals surface area contributed by atoms with E-state index in [1.807, 2.05) is 0 Å². The Bertz CT molecular complexity index is 678. The Morgan fingerprint density at radius 1 is 1.48 bits per heavy atom. The van der Waals surface area contributed by atoms with E-state index in [2.05, 4.69) is 16.6 Å². The van der Waals surface area contributed by atoms with Crippen molar-refractivity contribution >= 4 is 16.1 Å². The number of carbonyl (C=O) groups excluding carboxylic acids is 1. The molecular formula is C15H20FN3O3S. The van der Waals surface area contributed by atoms with Gasteiger partial charge in [-0.1, -0.05) is 12.1 Å². The Hall–Kier alpha value is -1.93. The zero-order valence-electron chi connectivity index (χ0n) is 12.7. The van der Waals surface area contributed by atoms with E-state index in [1.165, 1.54) is 18.2 Å². The van der Waals surface area contributed by atoms with Crippen LogP contribution in [0, 0.1) is 5.82 Å². The number of rotatable bonds is 5. The second kappa shape index (κ2) is 7.56. The van der Waals surface area contributed by atoms with Gasteiger partial charge in [-0.15, -0.1) is 6.58 Å². The molecule has 1 aromatic carbocycles. The van der Waals surface area contributed by atoms with Crippen LogP contribution in [0.15, 0.2) is 41.8 Å². The summed E-state index contributed by atoms with van der Waals surface area (Å²) in [5.41, 5.74) is 0. The highest BCUT2D eigenvalue weighted by Crippen LogP contribution is 2.15. The van der Waals surface area contributed by atoms with Gasteiger partial charge in [-0.2, -0.15) is 0 Å². The smallest absolute Gasteiger partial charge is 0.317 e. The van der Waals surface area contributed by atoms with Crippen molar-refractivity contribution < 1.29 is 17.6 Å². The molecule has 0 aliphatic carbocycles. The number of sulfonamides is 1. The topological polar surface area (TPSA) is 78.5 Å². The van der Waals surface area contributed by atoms with Crippen molar-refractivity contribution in [2.24, 2.45) is 0 Å². The summed E-state index contributed by atoms with van der Waals surface area (Å²) in [5, 5.41) is 2.67. The number of likely N-dealkylation sites (tertiary alicyclic amines) is 1. The number of urea groups is 1. The third-order valence-corrected chi connectivity index (χ3v) is 5.05. The predicted molar refractivity (Wildman–Crippen MR) is 84.9 cm³/mol. The molecule has 0 bridgehead atoms. The van der Waals surface area contributed by atoms with E-state index in [9.17, 15) is 17.6 Å². The van der Waals surface area contributed by atoms with Crippen molar-refractivity contribution in [1.82, 2.24) is 14.9 Å². The van der Waals surface area contributed by atoms with Gasteiger partial charge < -0.3 is 10.2 Å². The molecule has 1 atom stereocenters.